The molecule has 1 aliphatic heterocycles. The van der Waals surface area contributed by atoms with E-state index in [1.54, 1.807) is 13.8 Å². The lowest BCUT2D eigenvalue weighted by Gasteiger charge is -2.47. The van der Waals surface area contributed by atoms with Gasteiger partial charge in [-0.05, 0) is 31.5 Å². The SMILES string of the molecule is C[C@@H]1O[C@H](OCc2ccccc2)[C@@H](Sc2ccccc2)[C@](C)(O)[C@H]1O. The normalized spacial score (nSPS) is 32.5. The number of aliphatic hydroxyl groups excluding tert-OH is 1. The molecule has 2 N–H and O–H groups in total. The number of hydrogen-bond donors (Lipinski definition) is 2. The van der Waals surface area contributed by atoms with Crippen LogP contribution in [0.4, 0.5) is 0 Å². The van der Waals surface area contributed by atoms with Crippen LogP contribution in [0.25, 0.3) is 0 Å². The maximum atomic E-state index is 11.0. The van der Waals surface area contributed by atoms with Gasteiger partial charge in [-0.1, -0.05) is 48.5 Å². The van der Waals surface area contributed by atoms with Crippen LogP contribution < -0.4 is 0 Å². The minimum Gasteiger partial charge on any atom is -0.387 e. The molecule has 5 atom stereocenters. The van der Waals surface area contributed by atoms with Crippen molar-refractivity contribution in [3.8, 4) is 0 Å². The molecule has 4 nitrogen and oxygen atoms in total. The largest absolute Gasteiger partial charge is 0.387 e. The zero-order chi connectivity index (χ0) is 17.9. The molecule has 3 rings (SSSR count). The third-order valence-corrected chi connectivity index (χ3v) is 5.98. The van der Waals surface area contributed by atoms with Gasteiger partial charge in [0.05, 0.1) is 18.0 Å². The maximum absolute atomic E-state index is 11.0. The Hall–Kier alpha value is -1.37. The van der Waals surface area contributed by atoms with Gasteiger partial charge < -0.3 is 19.7 Å². The molecular weight excluding hydrogens is 336 g/mol. The van der Waals surface area contributed by atoms with E-state index < -0.39 is 29.3 Å². The van der Waals surface area contributed by atoms with E-state index >= 15 is 0 Å². The van der Waals surface area contributed by atoms with E-state index in [-0.39, 0.29) is 0 Å². The fourth-order valence-electron chi connectivity index (χ4n) is 2.98. The Labute approximate surface area is 152 Å². The lowest BCUT2D eigenvalue weighted by Crippen LogP contribution is -2.63. The number of benzene rings is 2. The average molecular weight is 360 g/mol. The molecule has 0 unspecified atom stereocenters. The van der Waals surface area contributed by atoms with Gasteiger partial charge in [0.2, 0.25) is 0 Å². The van der Waals surface area contributed by atoms with Crippen LogP contribution in [0.5, 0.6) is 0 Å². The molecule has 0 aromatic heterocycles. The van der Waals surface area contributed by atoms with E-state index in [9.17, 15) is 10.2 Å². The molecule has 1 heterocycles. The Balaban J connectivity index is 1.79. The van der Waals surface area contributed by atoms with Gasteiger partial charge in [0, 0.05) is 4.90 Å². The first-order valence-electron chi connectivity index (χ1n) is 8.41. The molecule has 2 aromatic carbocycles. The predicted molar refractivity (Wildman–Crippen MR) is 98.3 cm³/mol. The summed E-state index contributed by atoms with van der Waals surface area (Å²) < 4.78 is 11.9. The molecule has 1 fully saturated rings. The van der Waals surface area contributed by atoms with Crippen molar-refractivity contribution in [2.24, 2.45) is 0 Å². The van der Waals surface area contributed by atoms with Crippen LogP contribution in [0.3, 0.4) is 0 Å². The Morgan fingerprint density at radius 3 is 2.32 bits per heavy atom. The summed E-state index contributed by atoms with van der Waals surface area (Å²) in [5.41, 5.74) is -0.299. The van der Waals surface area contributed by atoms with Gasteiger partial charge in [-0.15, -0.1) is 11.8 Å². The van der Waals surface area contributed by atoms with E-state index in [0.29, 0.717) is 6.61 Å². The molecule has 1 aliphatic rings. The minimum atomic E-state index is -1.33. The Kier molecular flexibility index (Phi) is 5.81. The summed E-state index contributed by atoms with van der Waals surface area (Å²) in [6.07, 6.45) is -2.12. The number of hydrogen-bond acceptors (Lipinski definition) is 5. The zero-order valence-electron chi connectivity index (χ0n) is 14.4. The molecule has 1 saturated heterocycles. The summed E-state index contributed by atoms with van der Waals surface area (Å²) in [6.45, 7) is 3.79. The molecule has 25 heavy (non-hydrogen) atoms. The van der Waals surface area contributed by atoms with Gasteiger partial charge in [-0.25, -0.2) is 0 Å². The fraction of sp³-hybridized carbons (Fsp3) is 0.400. The standard InChI is InChI=1S/C20H24O4S/c1-14-17(21)20(2,22)18(25-16-11-7-4-8-12-16)19(24-14)23-13-15-9-5-3-6-10-15/h3-12,14,17-19,21-22H,13H2,1-2H3/t14-,17-,18+,19-,20+/m0/s1. The second kappa shape index (κ2) is 7.89. The Morgan fingerprint density at radius 1 is 1.08 bits per heavy atom. The van der Waals surface area contributed by atoms with Crippen molar-refractivity contribution in [2.75, 3.05) is 0 Å². The molecule has 134 valence electrons. The van der Waals surface area contributed by atoms with Gasteiger partial charge in [0.25, 0.3) is 0 Å². The summed E-state index contributed by atoms with van der Waals surface area (Å²) in [7, 11) is 0. The van der Waals surface area contributed by atoms with Crippen LogP contribution in [0.1, 0.15) is 19.4 Å². The summed E-state index contributed by atoms with van der Waals surface area (Å²) in [6, 6.07) is 19.6. The highest BCUT2D eigenvalue weighted by atomic mass is 32.2. The minimum absolute atomic E-state index is 0.385. The van der Waals surface area contributed by atoms with Crippen molar-refractivity contribution in [1.29, 1.82) is 0 Å². The van der Waals surface area contributed by atoms with Crippen LogP contribution in [0.15, 0.2) is 65.6 Å². The van der Waals surface area contributed by atoms with Gasteiger partial charge in [0.1, 0.15) is 11.7 Å². The second-order valence-electron chi connectivity index (χ2n) is 6.53. The Bertz CT molecular complexity index is 662. The zero-order valence-corrected chi connectivity index (χ0v) is 15.2. The summed E-state index contributed by atoms with van der Waals surface area (Å²) in [5, 5.41) is 20.9. The van der Waals surface area contributed by atoms with E-state index in [1.807, 2.05) is 60.7 Å². The summed E-state index contributed by atoms with van der Waals surface area (Å²) in [4.78, 5) is 0.992. The monoisotopic (exact) mass is 360 g/mol. The first kappa shape index (κ1) is 18.4. The average Bonchev–Trinajstić information content (AvgIpc) is 2.63. The summed E-state index contributed by atoms with van der Waals surface area (Å²) in [5.74, 6) is 0. The highest BCUT2D eigenvalue weighted by Crippen LogP contribution is 2.41. The highest BCUT2D eigenvalue weighted by molar-refractivity contribution is 8.00. The fourth-order valence-corrected chi connectivity index (χ4v) is 4.22. The molecule has 0 amide bonds. The Morgan fingerprint density at radius 2 is 1.68 bits per heavy atom. The first-order valence-corrected chi connectivity index (χ1v) is 9.29. The summed E-state index contributed by atoms with van der Waals surface area (Å²) >= 11 is 1.46. The van der Waals surface area contributed by atoms with Crippen LogP contribution in [0.2, 0.25) is 0 Å². The number of aliphatic hydroxyl groups is 2. The third-order valence-electron chi connectivity index (χ3n) is 4.48. The number of rotatable bonds is 5. The molecule has 0 bridgehead atoms. The molecule has 0 aliphatic carbocycles. The molecule has 0 spiro atoms. The van der Waals surface area contributed by atoms with Gasteiger partial charge in [-0.2, -0.15) is 0 Å². The molecule has 0 radical (unpaired) electrons. The maximum Gasteiger partial charge on any atom is 0.173 e. The van der Waals surface area contributed by atoms with Gasteiger partial charge in [-0.3, -0.25) is 0 Å². The van der Waals surface area contributed by atoms with E-state index in [1.165, 1.54) is 11.8 Å². The van der Waals surface area contributed by atoms with Gasteiger partial charge in [0.15, 0.2) is 6.29 Å². The number of ether oxygens (including phenoxy) is 2. The van der Waals surface area contributed by atoms with Crippen molar-refractivity contribution in [3.05, 3.63) is 66.2 Å². The van der Waals surface area contributed by atoms with E-state index in [0.717, 1.165) is 10.5 Å². The van der Waals surface area contributed by atoms with E-state index in [4.69, 9.17) is 9.47 Å². The third kappa shape index (κ3) is 4.25. The van der Waals surface area contributed by atoms with Crippen molar-refractivity contribution in [1.82, 2.24) is 0 Å². The first-order chi connectivity index (χ1) is 12.0. The van der Waals surface area contributed by atoms with Crippen molar-refractivity contribution < 1.29 is 19.7 Å². The predicted octanol–water partition coefficient (Wildman–Crippen LogP) is 3.22. The van der Waals surface area contributed by atoms with Crippen molar-refractivity contribution in [3.63, 3.8) is 0 Å². The topological polar surface area (TPSA) is 58.9 Å². The van der Waals surface area contributed by atoms with Crippen LogP contribution in [-0.4, -0.2) is 39.6 Å². The van der Waals surface area contributed by atoms with Crippen LogP contribution in [-0.2, 0) is 16.1 Å². The van der Waals surface area contributed by atoms with Crippen molar-refractivity contribution in [2.45, 2.75) is 54.7 Å². The molecule has 5 heteroatoms. The van der Waals surface area contributed by atoms with Crippen molar-refractivity contribution >= 4 is 11.8 Å². The smallest absolute Gasteiger partial charge is 0.173 e. The second-order valence-corrected chi connectivity index (χ2v) is 7.74. The lowest BCUT2D eigenvalue weighted by molar-refractivity contribution is -0.270. The molecule has 2 aromatic rings. The van der Waals surface area contributed by atoms with Crippen LogP contribution >= 0.6 is 11.8 Å². The quantitative estimate of drug-likeness (QED) is 0.857. The number of thioether (sulfide) groups is 1. The molecular formula is C20H24O4S. The van der Waals surface area contributed by atoms with Gasteiger partial charge >= 0.3 is 0 Å². The molecule has 0 saturated carbocycles. The lowest BCUT2D eigenvalue weighted by atomic mass is 9.88. The highest BCUT2D eigenvalue weighted by Gasteiger charge is 2.52. The van der Waals surface area contributed by atoms with E-state index in [2.05, 4.69) is 0 Å². The van der Waals surface area contributed by atoms with Crippen LogP contribution in [0, 0.1) is 0 Å².